The zero-order valence-electron chi connectivity index (χ0n) is 22.1. The van der Waals surface area contributed by atoms with E-state index in [2.05, 4.69) is 28.8 Å². The summed E-state index contributed by atoms with van der Waals surface area (Å²) in [7, 11) is -1.44. The van der Waals surface area contributed by atoms with E-state index in [1.165, 1.54) is 24.1 Å². The lowest BCUT2D eigenvalue weighted by atomic mass is 10.1. The molecule has 2 fully saturated rings. The number of anilines is 1. The number of halogens is 1. The fourth-order valence-electron chi connectivity index (χ4n) is 5.06. The predicted octanol–water partition coefficient (Wildman–Crippen LogP) is 3.99. The molecule has 0 spiro atoms. The highest BCUT2D eigenvalue weighted by Crippen LogP contribution is 2.40. The molecule has 2 heterocycles. The number of piperazine rings is 1. The quantitative estimate of drug-likeness (QED) is 0.469. The number of esters is 1. The second-order valence-electron chi connectivity index (χ2n) is 10.2. The largest absolute Gasteiger partial charge is 0.465 e. The van der Waals surface area contributed by atoms with Crippen LogP contribution in [0.5, 0.6) is 0 Å². The molecule has 4 rings (SSSR count). The monoisotopic (exact) mass is 548 g/mol. The van der Waals surface area contributed by atoms with Gasteiger partial charge in [-0.1, -0.05) is 18.2 Å². The van der Waals surface area contributed by atoms with Gasteiger partial charge >= 0.3 is 12.0 Å². The molecule has 0 aromatic heterocycles. The van der Waals surface area contributed by atoms with E-state index in [0.717, 1.165) is 31.3 Å². The second kappa shape index (κ2) is 12.0. The van der Waals surface area contributed by atoms with Crippen molar-refractivity contribution in [3.63, 3.8) is 0 Å². The first-order valence-corrected chi connectivity index (χ1v) is 14.7. The minimum atomic E-state index is -2.67. The number of nitrogens with one attached hydrogen (secondary N) is 1. The first-order valence-electron chi connectivity index (χ1n) is 12.8. The van der Waals surface area contributed by atoms with Crippen molar-refractivity contribution in [3.05, 3.63) is 65.0 Å². The lowest BCUT2D eigenvalue weighted by Crippen LogP contribution is -2.53. The van der Waals surface area contributed by atoms with Gasteiger partial charge in [0.2, 0.25) is 0 Å². The van der Waals surface area contributed by atoms with Crippen molar-refractivity contribution in [3.8, 4) is 0 Å². The van der Waals surface area contributed by atoms with Crippen molar-refractivity contribution >= 4 is 28.3 Å². The summed E-state index contributed by atoms with van der Waals surface area (Å²) in [5.74, 6) is -1.01. The summed E-state index contributed by atoms with van der Waals surface area (Å²) in [6.07, 6.45) is 0. The number of carbonyl (C=O) groups excluding carboxylic acids is 2. The van der Waals surface area contributed by atoms with Gasteiger partial charge in [0, 0.05) is 56.1 Å². The summed E-state index contributed by atoms with van der Waals surface area (Å²) >= 11 is 0. The summed E-state index contributed by atoms with van der Waals surface area (Å²) in [6.45, 7) is 7.40. The maximum atomic E-state index is 15.0. The summed E-state index contributed by atoms with van der Waals surface area (Å²) in [4.78, 5) is 30.9. The second-order valence-corrected chi connectivity index (χ2v) is 12.6. The molecule has 2 saturated heterocycles. The fourth-order valence-corrected chi connectivity index (χ4v) is 6.29. The van der Waals surface area contributed by atoms with Crippen LogP contribution in [-0.4, -0.2) is 87.8 Å². The Labute approximate surface area is 224 Å². The van der Waals surface area contributed by atoms with Crippen LogP contribution in [0.4, 0.5) is 14.9 Å². The van der Waals surface area contributed by atoms with Crippen LogP contribution >= 0.6 is 10.6 Å². The van der Waals surface area contributed by atoms with E-state index in [-0.39, 0.29) is 48.3 Å². The highest BCUT2D eigenvalue weighted by Gasteiger charge is 2.30. The van der Waals surface area contributed by atoms with E-state index in [9.17, 15) is 23.1 Å². The Bertz CT molecular complexity index is 1130. The Morgan fingerprint density at radius 2 is 1.71 bits per heavy atom. The zero-order chi connectivity index (χ0) is 27.4. The minimum absolute atomic E-state index is 0.0506. The molecule has 2 aliphatic heterocycles. The van der Waals surface area contributed by atoms with Crippen molar-refractivity contribution in [1.82, 2.24) is 15.1 Å². The van der Waals surface area contributed by atoms with E-state index in [4.69, 9.17) is 0 Å². The molecule has 2 atom stereocenters. The van der Waals surface area contributed by atoms with Crippen LogP contribution in [-0.2, 0) is 17.8 Å². The third-order valence-electron chi connectivity index (χ3n) is 6.97. The smallest absolute Gasteiger partial charge is 0.337 e. The summed E-state index contributed by atoms with van der Waals surface area (Å²) < 4.78 is 39.6. The normalized spacial score (nSPS) is 22.5. The Kier molecular flexibility index (Phi) is 8.94. The van der Waals surface area contributed by atoms with E-state index in [1.807, 2.05) is 24.3 Å². The molecule has 0 bridgehead atoms. The molecule has 2 aliphatic rings. The van der Waals surface area contributed by atoms with Crippen LogP contribution < -0.4 is 10.2 Å². The first-order chi connectivity index (χ1) is 18.0. The van der Waals surface area contributed by atoms with Crippen molar-refractivity contribution in [2.24, 2.45) is 0 Å². The molecule has 208 valence electrons. The molecule has 0 radical (unpaired) electrons. The molecule has 3 N–H and O–H groups in total. The summed E-state index contributed by atoms with van der Waals surface area (Å²) in [5, 5.41) is 3.53. The van der Waals surface area contributed by atoms with Gasteiger partial charge in [-0.25, -0.2) is 14.0 Å². The lowest BCUT2D eigenvalue weighted by Gasteiger charge is -2.42. The number of amides is 2. The average molecular weight is 549 g/mol. The number of hydrogen-bond acceptors (Lipinski definition) is 7. The van der Waals surface area contributed by atoms with Crippen LogP contribution in [0.15, 0.2) is 42.5 Å². The minimum Gasteiger partial charge on any atom is -0.465 e. The van der Waals surface area contributed by atoms with Gasteiger partial charge in [0.1, 0.15) is 5.82 Å². The van der Waals surface area contributed by atoms with Gasteiger partial charge in [0.15, 0.2) is 0 Å². The average Bonchev–Trinajstić information content (AvgIpc) is 2.87. The van der Waals surface area contributed by atoms with Crippen molar-refractivity contribution < 1.29 is 27.8 Å². The Morgan fingerprint density at radius 1 is 1.08 bits per heavy atom. The molecule has 2 aromatic carbocycles. The van der Waals surface area contributed by atoms with Crippen LogP contribution in [0.25, 0.3) is 0 Å². The molecule has 0 aliphatic carbocycles. The van der Waals surface area contributed by atoms with Crippen molar-refractivity contribution in [2.75, 3.05) is 49.7 Å². The molecular weight excluding hydrogens is 511 g/mol. The highest BCUT2D eigenvalue weighted by molar-refractivity contribution is 8.24. The SMILES string of the molecule is COC(=O)c1ccc(CN(C(=O)N2CCS(O)(O)CC2)c2ccc(CN3C[C@@H](C)N[C@@H](C)C3)cc2)c(F)c1. The molecule has 38 heavy (non-hydrogen) atoms. The van der Waals surface area contributed by atoms with Crippen LogP contribution in [0.3, 0.4) is 0 Å². The Hall–Kier alpha value is -2.70. The number of rotatable bonds is 6. The van der Waals surface area contributed by atoms with Crippen LogP contribution in [0.2, 0.25) is 0 Å². The maximum absolute atomic E-state index is 15.0. The topological polar surface area (TPSA) is 106 Å². The standard InChI is InChI=1S/C27H37FN4O5S/c1-19-15-30(16-20(2)29-19)17-21-4-8-24(9-5-21)32(27(34)31-10-12-38(35,36)13-11-31)18-23-7-6-22(14-25(23)28)26(33)37-3/h4-9,14,19-20,29,35-36H,10-13,15-18H2,1-3H3/t19-,20+. The van der Waals surface area contributed by atoms with Gasteiger partial charge in [0.05, 0.1) is 30.7 Å². The van der Waals surface area contributed by atoms with Gasteiger partial charge in [-0.05, 0) is 43.7 Å². The van der Waals surface area contributed by atoms with E-state index < -0.39 is 22.4 Å². The van der Waals surface area contributed by atoms with E-state index in [1.54, 1.807) is 4.90 Å². The molecule has 0 unspecified atom stereocenters. The van der Waals surface area contributed by atoms with E-state index >= 15 is 0 Å². The van der Waals surface area contributed by atoms with Gasteiger partial charge < -0.3 is 15.0 Å². The zero-order valence-corrected chi connectivity index (χ0v) is 22.9. The number of methoxy groups -OCH3 is 1. The predicted molar refractivity (Wildman–Crippen MR) is 147 cm³/mol. The molecule has 2 aromatic rings. The molecule has 9 nitrogen and oxygen atoms in total. The first kappa shape index (κ1) is 28.3. The maximum Gasteiger partial charge on any atom is 0.337 e. The van der Waals surface area contributed by atoms with Crippen LogP contribution in [0, 0.1) is 5.82 Å². The Morgan fingerprint density at radius 3 is 2.29 bits per heavy atom. The summed E-state index contributed by atoms with van der Waals surface area (Å²) in [6, 6.07) is 12.2. The lowest BCUT2D eigenvalue weighted by molar-refractivity contribution is 0.0600. The molecular formula is C27H37FN4O5S. The van der Waals surface area contributed by atoms with Gasteiger partial charge in [-0.3, -0.25) is 18.9 Å². The number of nitrogens with zero attached hydrogens (tertiary/aromatic N) is 3. The van der Waals surface area contributed by atoms with Gasteiger partial charge in [0.25, 0.3) is 0 Å². The van der Waals surface area contributed by atoms with Crippen molar-refractivity contribution in [1.29, 1.82) is 0 Å². The number of hydrogen-bond donors (Lipinski definition) is 3. The van der Waals surface area contributed by atoms with Crippen LogP contribution in [0.1, 0.15) is 35.3 Å². The fraction of sp³-hybridized carbons (Fsp3) is 0.481. The summed E-state index contributed by atoms with van der Waals surface area (Å²) in [5.41, 5.74) is 2.06. The number of ether oxygens (including phenoxy) is 1. The number of carbonyl (C=O) groups is 2. The van der Waals surface area contributed by atoms with Crippen molar-refractivity contribution in [2.45, 2.75) is 39.0 Å². The molecule has 0 saturated carbocycles. The Balaban J connectivity index is 1.55. The number of urea groups is 1. The third kappa shape index (κ3) is 7.03. The number of benzene rings is 2. The highest BCUT2D eigenvalue weighted by atomic mass is 32.3. The van der Waals surface area contributed by atoms with E-state index in [0.29, 0.717) is 17.8 Å². The third-order valence-corrected chi connectivity index (χ3v) is 8.64. The van der Waals surface area contributed by atoms with Gasteiger partial charge in [-0.2, -0.15) is 10.6 Å². The van der Waals surface area contributed by atoms with Gasteiger partial charge in [-0.15, -0.1) is 0 Å². The molecule has 11 heteroatoms. The molecule has 2 amide bonds.